The van der Waals surface area contributed by atoms with Gasteiger partial charge in [0.1, 0.15) is 0 Å². The number of hydrogen-bond donors (Lipinski definition) is 0. The van der Waals surface area contributed by atoms with Crippen LogP contribution in [-0.2, 0) is 4.79 Å². The fourth-order valence-electron chi connectivity index (χ4n) is 0.612. The summed E-state index contributed by atoms with van der Waals surface area (Å²) in [4.78, 5) is 12.5. The normalized spacial score (nSPS) is 11.2. The molecule has 0 heterocycles. The third-order valence-electron chi connectivity index (χ3n) is 1.03. The van der Waals surface area contributed by atoms with Crippen molar-refractivity contribution in [2.45, 2.75) is 13.8 Å². The Balaban J connectivity index is 4.20. The van der Waals surface area contributed by atoms with Gasteiger partial charge in [-0.1, -0.05) is 24.8 Å². The van der Waals surface area contributed by atoms with Crippen LogP contribution in [0.1, 0.15) is 13.8 Å². The molecule has 0 aromatic carbocycles. The Bertz CT molecular complexity index is 163. The maximum atomic E-state index is 11.0. The summed E-state index contributed by atoms with van der Waals surface area (Å²) in [6.45, 7) is 3.71. The lowest BCUT2D eigenvalue weighted by atomic mass is 10.5. The number of rotatable bonds is 3. The molecule has 0 aliphatic carbocycles. The van der Waals surface area contributed by atoms with E-state index in [0.29, 0.717) is 0 Å². The molecule has 0 rings (SSSR count). The SMILES string of the molecule is C/C=C\N(/C=C\C)C(=O)C[S]. The van der Waals surface area contributed by atoms with E-state index in [4.69, 9.17) is 0 Å². The van der Waals surface area contributed by atoms with E-state index in [9.17, 15) is 4.79 Å². The molecule has 0 aliphatic rings. The Labute approximate surface area is 73.0 Å². The highest BCUT2D eigenvalue weighted by Gasteiger charge is 2.03. The minimum Gasteiger partial charge on any atom is -0.295 e. The van der Waals surface area contributed by atoms with E-state index in [1.165, 1.54) is 4.90 Å². The van der Waals surface area contributed by atoms with Crippen molar-refractivity contribution in [2.75, 3.05) is 5.75 Å². The van der Waals surface area contributed by atoms with Crippen molar-refractivity contribution in [1.82, 2.24) is 4.90 Å². The molecule has 0 unspecified atom stereocenters. The number of allylic oxidation sites excluding steroid dienone is 2. The number of nitrogens with zero attached hydrogens (tertiary/aromatic N) is 1. The van der Waals surface area contributed by atoms with Gasteiger partial charge in [-0.05, 0) is 13.8 Å². The molecule has 0 spiro atoms. The van der Waals surface area contributed by atoms with Gasteiger partial charge in [0.05, 0.1) is 5.75 Å². The monoisotopic (exact) mass is 170 g/mol. The van der Waals surface area contributed by atoms with E-state index in [0.717, 1.165) is 0 Å². The van der Waals surface area contributed by atoms with Crippen LogP contribution in [0.2, 0.25) is 0 Å². The molecule has 0 N–H and O–H groups in total. The summed E-state index contributed by atoms with van der Waals surface area (Å²) in [6.07, 6.45) is 6.97. The molecule has 0 aromatic heterocycles. The lowest BCUT2D eigenvalue weighted by Crippen LogP contribution is -2.20. The van der Waals surface area contributed by atoms with E-state index in [-0.39, 0.29) is 11.7 Å². The molecule has 0 atom stereocenters. The van der Waals surface area contributed by atoms with Crippen molar-refractivity contribution in [3.05, 3.63) is 24.6 Å². The van der Waals surface area contributed by atoms with Gasteiger partial charge in [-0.3, -0.25) is 9.69 Å². The third kappa shape index (κ3) is 3.88. The maximum absolute atomic E-state index is 11.0. The average Bonchev–Trinajstić information content (AvgIpc) is 2.03. The van der Waals surface area contributed by atoms with Crippen LogP contribution in [0.25, 0.3) is 0 Å². The first-order chi connectivity index (χ1) is 5.26. The van der Waals surface area contributed by atoms with Crippen LogP contribution < -0.4 is 0 Å². The molecule has 0 bridgehead atoms. The van der Waals surface area contributed by atoms with Crippen LogP contribution >= 0.6 is 12.6 Å². The standard InChI is InChI=1S/C8H12NOS/c1-3-5-9(6-4-2)8(10)7-11/h3-6H,7H2,1-2H3/b5-3-,6-4-. The second-order valence-electron chi connectivity index (χ2n) is 1.91. The van der Waals surface area contributed by atoms with Crippen LogP contribution in [0.15, 0.2) is 24.6 Å². The Hall–Kier alpha value is -0.700. The molecule has 1 radical (unpaired) electrons. The van der Waals surface area contributed by atoms with Crippen LogP contribution in [0.3, 0.4) is 0 Å². The lowest BCUT2D eigenvalue weighted by Gasteiger charge is -2.10. The highest BCUT2D eigenvalue weighted by molar-refractivity contribution is 7.81. The van der Waals surface area contributed by atoms with E-state index in [1.54, 1.807) is 24.6 Å². The summed E-state index contributed by atoms with van der Waals surface area (Å²) >= 11 is 4.62. The zero-order valence-electron chi connectivity index (χ0n) is 6.78. The maximum Gasteiger partial charge on any atom is 0.241 e. The van der Waals surface area contributed by atoms with Crippen molar-refractivity contribution in [3.63, 3.8) is 0 Å². The lowest BCUT2D eigenvalue weighted by molar-refractivity contribution is -0.123. The first kappa shape index (κ1) is 10.3. The van der Waals surface area contributed by atoms with E-state index < -0.39 is 0 Å². The van der Waals surface area contributed by atoms with E-state index in [1.807, 2.05) is 13.8 Å². The van der Waals surface area contributed by atoms with E-state index >= 15 is 0 Å². The molecule has 3 heteroatoms. The van der Waals surface area contributed by atoms with Crippen molar-refractivity contribution in [3.8, 4) is 0 Å². The second kappa shape index (κ2) is 6.04. The van der Waals surface area contributed by atoms with Gasteiger partial charge in [-0.25, -0.2) is 0 Å². The summed E-state index contributed by atoms with van der Waals surface area (Å²) in [6, 6.07) is 0. The van der Waals surface area contributed by atoms with Crippen LogP contribution in [0.5, 0.6) is 0 Å². The number of amides is 1. The quantitative estimate of drug-likeness (QED) is 0.635. The Morgan fingerprint density at radius 3 is 2.09 bits per heavy atom. The van der Waals surface area contributed by atoms with E-state index in [2.05, 4.69) is 12.6 Å². The molecular formula is C8H12NOS. The van der Waals surface area contributed by atoms with Gasteiger partial charge >= 0.3 is 0 Å². The molecular weight excluding hydrogens is 158 g/mol. The topological polar surface area (TPSA) is 20.3 Å². The summed E-state index contributed by atoms with van der Waals surface area (Å²) in [5, 5.41) is 0. The minimum atomic E-state index is -0.0730. The summed E-state index contributed by atoms with van der Waals surface area (Å²) in [5.41, 5.74) is 0. The first-order valence-corrected chi connectivity index (χ1v) is 3.99. The molecule has 0 aromatic rings. The molecule has 1 amide bonds. The first-order valence-electron chi connectivity index (χ1n) is 3.41. The largest absolute Gasteiger partial charge is 0.295 e. The molecule has 0 aliphatic heterocycles. The molecule has 61 valence electrons. The molecule has 0 saturated heterocycles. The van der Waals surface area contributed by atoms with Gasteiger partial charge in [-0.2, -0.15) is 0 Å². The highest BCUT2D eigenvalue weighted by Crippen LogP contribution is 1.94. The zero-order chi connectivity index (χ0) is 8.69. The van der Waals surface area contributed by atoms with Crippen LogP contribution in [-0.4, -0.2) is 16.6 Å². The van der Waals surface area contributed by atoms with Gasteiger partial charge < -0.3 is 0 Å². The Morgan fingerprint density at radius 1 is 1.36 bits per heavy atom. The molecule has 2 nitrogen and oxygen atoms in total. The number of carbonyl (C=O) groups excluding carboxylic acids is 1. The molecule has 11 heavy (non-hydrogen) atoms. The van der Waals surface area contributed by atoms with Crippen molar-refractivity contribution in [1.29, 1.82) is 0 Å². The molecule has 0 fully saturated rings. The summed E-state index contributed by atoms with van der Waals surface area (Å²) in [7, 11) is 0. The van der Waals surface area contributed by atoms with Gasteiger partial charge in [0, 0.05) is 12.4 Å². The Kier molecular flexibility index (Phi) is 5.65. The summed E-state index contributed by atoms with van der Waals surface area (Å²) in [5.74, 6) is 0.0468. The van der Waals surface area contributed by atoms with Crippen molar-refractivity contribution >= 4 is 18.5 Å². The number of hydrogen-bond acceptors (Lipinski definition) is 1. The zero-order valence-corrected chi connectivity index (χ0v) is 7.60. The van der Waals surface area contributed by atoms with Gasteiger partial charge in [-0.15, -0.1) is 0 Å². The van der Waals surface area contributed by atoms with Gasteiger partial charge in [0.2, 0.25) is 5.91 Å². The molecule has 0 saturated carbocycles. The van der Waals surface area contributed by atoms with Gasteiger partial charge in [0.25, 0.3) is 0 Å². The Morgan fingerprint density at radius 2 is 1.82 bits per heavy atom. The predicted octanol–water partition coefficient (Wildman–Crippen LogP) is 2.08. The fraction of sp³-hybridized carbons (Fsp3) is 0.375. The van der Waals surface area contributed by atoms with Crippen molar-refractivity contribution in [2.24, 2.45) is 0 Å². The third-order valence-corrected chi connectivity index (χ3v) is 1.28. The van der Waals surface area contributed by atoms with Crippen LogP contribution in [0.4, 0.5) is 0 Å². The smallest absolute Gasteiger partial charge is 0.241 e. The second-order valence-corrected chi connectivity index (χ2v) is 2.20. The van der Waals surface area contributed by atoms with Gasteiger partial charge in [0.15, 0.2) is 0 Å². The number of carbonyl (C=O) groups is 1. The summed E-state index contributed by atoms with van der Waals surface area (Å²) < 4.78 is 0. The fourth-order valence-corrected chi connectivity index (χ4v) is 0.761. The highest BCUT2D eigenvalue weighted by atomic mass is 32.1. The van der Waals surface area contributed by atoms with Crippen molar-refractivity contribution < 1.29 is 4.79 Å². The van der Waals surface area contributed by atoms with Crippen LogP contribution in [0, 0.1) is 0 Å². The average molecular weight is 170 g/mol. The predicted molar refractivity (Wildman–Crippen MR) is 48.9 cm³/mol. The minimum absolute atomic E-state index is 0.0730.